The molecule has 0 saturated carbocycles. The molecule has 5 nitrogen and oxygen atoms in total. The molecule has 0 aliphatic rings. The molecule has 0 radical (unpaired) electrons. The van der Waals surface area contributed by atoms with Crippen LogP contribution in [0.4, 0.5) is 0 Å². The molecule has 0 spiro atoms. The molecule has 8 rings (SSSR count). The summed E-state index contributed by atoms with van der Waals surface area (Å²) in [4.78, 5) is 19.8. The van der Waals surface area contributed by atoms with E-state index in [1.54, 1.807) is 0 Å². The van der Waals surface area contributed by atoms with Gasteiger partial charge in [-0.05, 0) is 35.4 Å². The molecule has 212 valence electrons. The van der Waals surface area contributed by atoms with E-state index in [1.807, 2.05) is 72.8 Å². The van der Waals surface area contributed by atoms with Gasteiger partial charge in [0, 0.05) is 27.9 Å². The smallest absolute Gasteiger partial charge is 0.164 e. The maximum atomic E-state index is 5.18. The van der Waals surface area contributed by atoms with E-state index in [-0.39, 0.29) is 0 Å². The van der Waals surface area contributed by atoms with Gasteiger partial charge in [-0.25, -0.2) is 19.9 Å². The van der Waals surface area contributed by atoms with E-state index in [0.717, 1.165) is 50.4 Å². The van der Waals surface area contributed by atoms with Crippen molar-refractivity contribution in [1.82, 2.24) is 24.5 Å². The largest absolute Gasteiger partial charge is 0.292 e. The summed E-state index contributed by atoms with van der Waals surface area (Å²) in [6.45, 7) is 0. The van der Waals surface area contributed by atoms with Crippen LogP contribution in [-0.2, 0) is 0 Å². The van der Waals surface area contributed by atoms with Crippen LogP contribution >= 0.6 is 0 Å². The summed E-state index contributed by atoms with van der Waals surface area (Å²) in [5, 5.41) is 0. The molecule has 0 saturated heterocycles. The van der Waals surface area contributed by atoms with Crippen molar-refractivity contribution in [1.29, 1.82) is 0 Å². The first-order valence-electron chi connectivity index (χ1n) is 14.9. The van der Waals surface area contributed by atoms with E-state index in [2.05, 4.69) is 95.6 Å². The number of para-hydroxylation sites is 1. The van der Waals surface area contributed by atoms with Gasteiger partial charge in [0.05, 0.1) is 11.0 Å². The van der Waals surface area contributed by atoms with Gasteiger partial charge >= 0.3 is 0 Å². The molecule has 0 bridgehead atoms. The second kappa shape index (κ2) is 11.5. The first kappa shape index (κ1) is 26.4. The Balaban J connectivity index is 1.24. The lowest BCUT2D eigenvalue weighted by molar-refractivity contribution is 1.07. The number of rotatable bonds is 6. The van der Waals surface area contributed by atoms with Crippen LogP contribution in [0.25, 0.3) is 73.4 Å². The molecule has 5 heteroatoms. The minimum Gasteiger partial charge on any atom is -0.292 e. The van der Waals surface area contributed by atoms with E-state index in [4.69, 9.17) is 19.9 Å². The van der Waals surface area contributed by atoms with E-state index < -0.39 is 0 Å². The normalized spacial score (nSPS) is 11.1. The summed E-state index contributed by atoms with van der Waals surface area (Å²) in [5.41, 5.74) is 9.16. The predicted molar refractivity (Wildman–Crippen MR) is 182 cm³/mol. The summed E-state index contributed by atoms with van der Waals surface area (Å²) >= 11 is 0. The van der Waals surface area contributed by atoms with Gasteiger partial charge in [-0.15, -0.1) is 0 Å². The standard InChI is InChI=1S/C40H27N5/c1-5-13-28(14-6-1)33-25-26-36-35(27-33)41-40(45(36)34-19-11-4-12-20-34)32-23-21-31(22-24-32)39-43-37(29-15-7-2-8-16-29)42-38(44-39)30-17-9-3-10-18-30/h1-27H. The fourth-order valence-electron chi connectivity index (χ4n) is 5.63. The highest BCUT2D eigenvalue weighted by atomic mass is 15.1. The molecule has 2 heterocycles. The number of hydrogen-bond donors (Lipinski definition) is 0. The van der Waals surface area contributed by atoms with E-state index in [9.17, 15) is 0 Å². The SMILES string of the molecule is c1ccc(-c2ccc3c(c2)nc(-c2ccc(-c4nc(-c5ccccc5)nc(-c5ccccc5)n4)cc2)n3-c2ccccc2)cc1. The first-order chi connectivity index (χ1) is 22.3. The Kier molecular flexibility index (Phi) is 6.74. The maximum absolute atomic E-state index is 5.18. The van der Waals surface area contributed by atoms with Crippen LogP contribution in [0, 0.1) is 0 Å². The van der Waals surface area contributed by atoms with Crippen LogP contribution in [0.1, 0.15) is 0 Å². The fourth-order valence-corrected chi connectivity index (χ4v) is 5.63. The molecule has 0 atom stereocenters. The Labute approximate surface area is 261 Å². The molecule has 0 fully saturated rings. The number of aromatic nitrogens is 5. The van der Waals surface area contributed by atoms with Crippen molar-refractivity contribution in [2.24, 2.45) is 0 Å². The zero-order chi connectivity index (χ0) is 30.0. The van der Waals surface area contributed by atoms with Gasteiger partial charge in [0.2, 0.25) is 0 Å². The number of benzene rings is 6. The second-order valence-electron chi connectivity index (χ2n) is 10.8. The Morgan fingerprint density at radius 2 is 0.756 bits per heavy atom. The van der Waals surface area contributed by atoms with Gasteiger partial charge in [0.15, 0.2) is 17.5 Å². The number of fused-ring (bicyclic) bond motifs is 1. The minimum absolute atomic E-state index is 0.623. The van der Waals surface area contributed by atoms with E-state index in [1.165, 1.54) is 5.56 Å². The van der Waals surface area contributed by atoms with Crippen LogP contribution in [0.15, 0.2) is 164 Å². The molecule has 2 aromatic heterocycles. The number of imidazole rings is 1. The highest BCUT2D eigenvalue weighted by Crippen LogP contribution is 2.33. The van der Waals surface area contributed by atoms with Crippen LogP contribution in [0.2, 0.25) is 0 Å². The summed E-state index contributed by atoms with van der Waals surface area (Å²) in [6.07, 6.45) is 0. The zero-order valence-corrected chi connectivity index (χ0v) is 24.3. The van der Waals surface area contributed by atoms with Crippen molar-refractivity contribution < 1.29 is 0 Å². The van der Waals surface area contributed by atoms with Crippen molar-refractivity contribution in [3.8, 4) is 62.4 Å². The molecular weight excluding hydrogens is 550 g/mol. The van der Waals surface area contributed by atoms with E-state index in [0.29, 0.717) is 17.5 Å². The third kappa shape index (κ3) is 5.17. The molecule has 0 aliphatic carbocycles. The Morgan fingerprint density at radius 1 is 0.333 bits per heavy atom. The quantitative estimate of drug-likeness (QED) is 0.197. The van der Waals surface area contributed by atoms with Crippen molar-refractivity contribution in [2.75, 3.05) is 0 Å². The monoisotopic (exact) mass is 577 g/mol. The minimum atomic E-state index is 0.623. The molecule has 0 amide bonds. The van der Waals surface area contributed by atoms with Crippen molar-refractivity contribution >= 4 is 11.0 Å². The third-order valence-corrected chi connectivity index (χ3v) is 7.88. The Morgan fingerprint density at radius 3 is 1.29 bits per heavy atom. The lowest BCUT2D eigenvalue weighted by atomic mass is 10.1. The molecule has 45 heavy (non-hydrogen) atoms. The van der Waals surface area contributed by atoms with Gasteiger partial charge in [-0.2, -0.15) is 0 Å². The first-order valence-corrected chi connectivity index (χ1v) is 14.9. The Hall–Kier alpha value is -6.20. The van der Waals surface area contributed by atoms with Gasteiger partial charge < -0.3 is 0 Å². The summed E-state index contributed by atoms with van der Waals surface area (Å²) in [7, 11) is 0. The van der Waals surface area contributed by atoms with Crippen molar-refractivity contribution in [3.63, 3.8) is 0 Å². The lowest BCUT2D eigenvalue weighted by Gasteiger charge is -2.11. The molecule has 0 unspecified atom stereocenters. The topological polar surface area (TPSA) is 56.5 Å². The van der Waals surface area contributed by atoms with Crippen LogP contribution < -0.4 is 0 Å². The molecular formula is C40H27N5. The van der Waals surface area contributed by atoms with Crippen LogP contribution in [0.3, 0.4) is 0 Å². The number of nitrogens with zero attached hydrogens (tertiary/aromatic N) is 5. The van der Waals surface area contributed by atoms with E-state index >= 15 is 0 Å². The summed E-state index contributed by atoms with van der Waals surface area (Å²) in [5.74, 6) is 2.78. The predicted octanol–water partition coefficient (Wildman–Crippen LogP) is 9.55. The van der Waals surface area contributed by atoms with Gasteiger partial charge in [0.1, 0.15) is 5.82 Å². The highest BCUT2D eigenvalue weighted by molar-refractivity contribution is 5.87. The average molecular weight is 578 g/mol. The third-order valence-electron chi connectivity index (χ3n) is 7.88. The highest BCUT2D eigenvalue weighted by Gasteiger charge is 2.17. The molecule has 0 N–H and O–H groups in total. The van der Waals surface area contributed by atoms with Crippen molar-refractivity contribution in [2.45, 2.75) is 0 Å². The van der Waals surface area contributed by atoms with Crippen LogP contribution in [0.5, 0.6) is 0 Å². The van der Waals surface area contributed by atoms with Crippen molar-refractivity contribution in [3.05, 3.63) is 164 Å². The van der Waals surface area contributed by atoms with Crippen LogP contribution in [-0.4, -0.2) is 24.5 Å². The maximum Gasteiger partial charge on any atom is 0.164 e. The summed E-state index contributed by atoms with van der Waals surface area (Å²) in [6, 6.07) is 55.7. The Bertz CT molecular complexity index is 2170. The molecule has 8 aromatic rings. The second-order valence-corrected chi connectivity index (χ2v) is 10.8. The van der Waals surface area contributed by atoms with Gasteiger partial charge in [0.25, 0.3) is 0 Å². The average Bonchev–Trinajstić information content (AvgIpc) is 3.52. The lowest BCUT2D eigenvalue weighted by Crippen LogP contribution is -2.00. The molecule has 6 aromatic carbocycles. The molecule has 0 aliphatic heterocycles. The number of hydrogen-bond acceptors (Lipinski definition) is 4. The fraction of sp³-hybridized carbons (Fsp3) is 0. The summed E-state index contributed by atoms with van der Waals surface area (Å²) < 4.78 is 2.23. The van der Waals surface area contributed by atoms with Gasteiger partial charge in [-0.3, -0.25) is 4.57 Å². The zero-order valence-electron chi connectivity index (χ0n) is 24.3. The van der Waals surface area contributed by atoms with Gasteiger partial charge in [-0.1, -0.05) is 140 Å².